The molecule has 1 aromatic rings. The molecule has 0 aliphatic heterocycles. The van der Waals surface area contributed by atoms with Gasteiger partial charge in [-0.3, -0.25) is 0 Å². The van der Waals surface area contributed by atoms with Crippen molar-refractivity contribution >= 4 is 25.1 Å². The van der Waals surface area contributed by atoms with E-state index >= 15 is 0 Å². The molecule has 0 spiro atoms. The van der Waals surface area contributed by atoms with E-state index in [0.29, 0.717) is 0 Å². The van der Waals surface area contributed by atoms with Crippen molar-refractivity contribution in [3.05, 3.63) is 30.5 Å². The Morgan fingerprint density at radius 1 is 1.35 bits per heavy atom. The van der Waals surface area contributed by atoms with E-state index in [1.165, 1.54) is 0 Å². The quantitative estimate of drug-likeness (QED) is 0.708. The molecule has 0 saturated carbocycles. The summed E-state index contributed by atoms with van der Waals surface area (Å²) < 4.78 is 5.87. The molecule has 0 amide bonds. The van der Waals surface area contributed by atoms with Crippen LogP contribution in [0.2, 0.25) is 18.1 Å². The first-order valence-corrected chi connectivity index (χ1v) is 9.03. The molecule has 0 aromatic carbocycles. The Balaban J connectivity index is 3.43. The number of furan rings is 1. The normalized spacial score (nSPS) is 12.6. The molecule has 1 aromatic heterocycles. The number of rotatable bonds is 3. The van der Waals surface area contributed by atoms with Crippen molar-refractivity contribution in [3.8, 4) is 0 Å². The fourth-order valence-corrected chi connectivity index (χ4v) is 3.67. The van der Waals surface area contributed by atoms with Crippen LogP contribution >= 0.6 is 0 Å². The second kappa shape index (κ2) is 4.34. The Bertz CT molecular complexity index is 444. The number of hydrogen-bond acceptors (Lipinski definition) is 1. The Kier molecular flexibility index (Phi) is 3.58. The third-order valence-electron chi connectivity index (χ3n) is 3.94. The molecule has 0 saturated heterocycles. The van der Waals surface area contributed by atoms with Crippen LogP contribution in [0.15, 0.2) is 23.8 Å². The van der Waals surface area contributed by atoms with Crippen molar-refractivity contribution in [2.75, 3.05) is 0 Å². The first-order chi connectivity index (χ1) is 7.63. The van der Waals surface area contributed by atoms with Crippen LogP contribution in [0.4, 0.5) is 0 Å². The highest BCUT2D eigenvalue weighted by molar-refractivity contribution is 6.91. The number of allylic oxidation sites excluding steroid dienone is 1. The summed E-state index contributed by atoms with van der Waals surface area (Å²) in [5.74, 6) is 0. The SMILES string of the molecule is C=Cc1c(C(=C)C)coc1[Si](C)(C)C(C)(C)C. The average molecular weight is 248 g/mol. The third kappa shape index (κ3) is 2.32. The van der Waals surface area contributed by atoms with Gasteiger partial charge in [0.1, 0.15) is 8.07 Å². The molecule has 0 aliphatic rings. The summed E-state index contributed by atoms with van der Waals surface area (Å²) in [5.41, 5.74) is 3.28. The molecule has 0 radical (unpaired) electrons. The summed E-state index contributed by atoms with van der Waals surface area (Å²) in [6, 6.07) is 0. The summed E-state index contributed by atoms with van der Waals surface area (Å²) in [6.45, 7) is 21.5. The maximum absolute atomic E-state index is 5.87. The van der Waals surface area contributed by atoms with Crippen LogP contribution in [-0.2, 0) is 0 Å². The zero-order valence-corrected chi connectivity index (χ0v) is 13.0. The van der Waals surface area contributed by atoms with E-state index in [1.807, 2.05) is 19.3 Å². The molecule has 1 nitrogen and oxygen atoms in total. The second-order valence-electron chi connectivity index (χ2n) is 6.25. The van der Waals surface area contributed by atoms with Crippen molar-refractivity contribution in [1.29, 1.82) is 0 Å². The zero-order chi connectivity index (χ0) is 13.4. The van der Waals surface area contributed by atoms with Gasteiger partial charge in [0.25, 0.3) is 0 Å². The fraction of sp³-hybridized carbons (Fsp3) is 0.467. The maximum Gasteiger partial charge on any atom is 0.132 e. The minimum atomic E-state index is -1.65. The summed E-state index contributed by atoms with van der Waals surface area (Å²) in [5, 5.41) is 1.40. The first-order valence-electron chi connectivity index (χ1n) is 6.03. The van der Waals surface area contributed by atoms with Gasteiger partial charge in [0.05, 0.1) is 11.6 Å². The lowest BCUT2D eigenvalue weighted by Gasteiger charge is -2.35. The lowest BCUT2D eigenvalue weighted by Crippen LogP contribution is -2.49. The molecule has 0 atom stereocenters. The van der Waals surface area contributed by atoms with Gasteiger partial charge < -0.3 is 4.42 Å². The molecular formula is C15H24OSi. The van der Waals surface area contributed by atoms with E-state index in [2.05, 4.69) is 47.0 Å². The van der Waals surface area contributed by atoms with Gasteiger partial charge in [-0.1, -0.05) is 53.1 Å². The van der Waals surface area contributed by atoms with Gasteiger partial charge in [-0.05, 0) is 17.5 Å². The Morgan fingerprint density at radius 2 is 1.88 bits per heavy atom. The summed E-state index contributed by atoms with van der Waals surface area (Å²) in [6.07, 6.45) is 3.73. The molecule has 1 rings (SSSR count). The zero-order valence-electron chi connectivity index (χ0n) is 12.0. The van der Waals surface area contributed by atoms with Gasteiger partial charge in [-0.15, -0.1) is 0 Å². The predicted molar refractivity (Wildman–Crippen MR) is 80.3 cm³/mol. The van der Waals surface area contributed by atoms with Gasteiger partial charge in [-0.2, -0.15) is 0 Å². The van der Waals surface area contributed by atoms with E-state index in [9.17, 15) is 0 Å². The van der Waals surface area contributed by atoms with E-state index in [0.717, 1.165) is 22.1 Å². The van der Waals surface area contributed by atoms with Crippen LogP contribution in [0.1, 0.15) is 38.8 Å². The topological polar surface area (TPSA) is 13.1 Å². The van der Waals surface area contributed by atoms with E-state index in [1.54, 1.807) is 0 Å². The average Bonchev–Trinajstić information content (AvgIpc) is 2.59. The first kappa shape index (κ1) is 14.0. The summed E-state index contributed by atoms with van der Waals surface area (Å²) >= 11 is 0. The van der Waals surface area contributed by atoms with E-state index in [4.69, 9.17) is 4.42 Å². The van der Waals surface area contributed by atoms with Gasteiger partial charge >= 0.3 is 0 Å². The van der Waals surface area contributed by atoms with E-state index in [-0.39, 0.29) is 5.04 Å². The fourth-order valence-electron chi connectivity index (χ4n) is 1.72. The van der Waals surface area contributed by atoms with Crippen LogP contribution in [0.25, 0.3) is 11.6 Å². The van der Waals surface area contributed by atoms with Crippen LogP contribution in [0.3, 0.4) is 0 Å². The molecular weight excluding hydrogens is 224 g/mol. The van der Waals surface area contributed by atoms with Crippen LogP contribution in [-0.4, -0.2) is 8.07 Å². The highest BCUT2D eigenvalue weighted by atomic mass is 28.3. The third-order valence-corrected chi connectivity index (χ3v) is 9.21. The number of hydrogen-bond donors (Lipinski definition) is 0. The molecule has 0 N–H and O–H groups in total. The molecule has 0 bridgehead atoms. The Morgan fingerprint density at radius 3 is 2.24 bits per heavy atom. The van der Waals surface area contributed by atoms with Crippen molar-refractivity contribution in [2.45, 2.75) is 45.8 Å². The lowest BCUT2D eigenvalue weighted by molar-refractivity contribution is 0.586. The smallest absolute Gasteiger partial charge is 0.132 e. The molecule has 0 aliphatic carbocycles. The minimum Gasteiger partial charge on any atom is -0.473 e. The largest absolute Gasteiger partial charge is 0.473 e. The van der Waals surface area contributed by atoms with Crippen molar-refractivity contribution in [3.63, 3.8) is 0 Å². The lowest BCUT2D eigenvalue weighted by atomic mass is 10.1. The Hall–Kier alpha value is -1.02. The van der Waals surface area contributed by atoms with Gasteiger partial charge in [-0.25, -0.2) is 0 Å². The van der Waals surface area contributed by atoms with Gasteiger partial charge in [0.2, 0.25) is 0 Å². The highest BCUT2D eigenvalue weighted by Crippen LogP contribution is 2.37. The van der Waals surface area contributed by atoms with Crippen LogP contribution in [0.5, 0.6) is 0 Å². The monoisotopic (exact) mass is 248 g/mol. The summed E-state index contributed by atoms with van der Waals surface area (Å²) in [4.78, 5) is 0. The van der Waals surface area contributed by atoms with Crippen molar-refractivity contribution in [1.82, 2.24) is 0 Å². The molecule has 1 heterocycles. The molecule has 0 fully saturated rings. The molecule has 0 unspecified atom stereocenters. The van der Waals surface area contributed by atoms with E-state index < -0.39 is 8.07 Å². The highest BCUT2D eigenvalue weighted by Gasteiger charge is 2.41. The van der Waals surface area contributed by atoms with Gasteiger partial charge in [0, 0.05) is 11.1 Å². The maximum atomic E-state index is 5.87. The molecule has 2 heteroatoms. The van der Waals surface area contributed by atoms with Crippen LogP contribution < -0.4 is 5.38 Å². The predicted octanol–water partition coefficient (Wildman–Crippen LogP) is 4.67. The Labute approximate surface area is 106 Å². The summed E-state index contributed by atoms with van der Waals surface area (Å²) in [7, 11) is -1.65. The van der Waals surface area contributed by atoms with Crippen molar-refractivity contribution in [2.24, 2.45) is 0 Å². The molecule has 17 heavy (non-hydrogen) atoms. The minimum absolute atomic E-state index is 0.259. The standard InChI is InChI=1S/C15H24OSi/c1-9-12-13(11(2)3)10-16-14(12)17(7,8)15(4,5)6/h9-10H,1-2H2,3-8H3. The van der Waals surface area contributed by atoms with Gasteiger partial charge in [0.15, 0.2) is 0 Å². The second-order valence-corrected chi connectivity index (χ2v) is 11.5. The van der Waals surface area contributed by atoms with Crippen molar-refractivity contribution < 1.29 is 4.42 Å². The molecule has 94 valence electrons. The van der Waals surface area contributed by atoms with Crippen LogP contribution in [0, 0.1) is 0 Å².